The van der Waals surface area contributed by atoms with Crippen LogP contribution in [0.1, 0.15) is 78.3 Å². The topological polar surface area (TPSA) is 128 Å². The quantitative estimate of drug-likeness (QED) is 0.508. The molecule has 10 heteroatoms. The Morgan fingerprint density at radius 1 is 1.10 bits per heavy atom. The van der Waals surface area contributed by atoms with Gasteiger partial charge in [0.1, 0.15) is 29.7 Å². The number of carbonyl (C=O) groups excluding carboxylic acids is 2. The van der Waals surface area contributed by atoms with Crippen molar-refractivity contribution in [3.63, 3.8) is 0 Å². The third-order valence-corrected chi connectivity index (χ3v) is 9.12. The largest absolute Gasteiger partial charge is 0.497 e. The van der Waals surface area contributed by atoms with Crippen LogP contribution in [-0.2, 0) is 25.5 Å². The average Bonchev–Trinajstić information content (AvgIpc) is 3.56. The number of rotatable bonds is 3. The summed E-state index contributed by atoms with van der Waals surface area (Å²) in [6.45, 7) is 7.69. The lowest BCUT2D eigenvalue weighted by Crippen LogP contribution is -2.48. The molecule has 1 saturated heterocycles. The van der Waals surface area contributed by atoms with Crippen LogP contribution < -0.4 is 9.47 Å². The number of carboxylic acids is 1. The number of esters is 1. The number of ether oxygens (including phenoxy) is 3. The molecule has 228 valence electrons. The van der Waals surface area contributed by atoms with Gasteiger partial charge in [0.2, 0.25) is 11.8 Å². The molecule has 3 aliphatic rings. The number of methoxy groups -OCH3 is 1. The summed E-state index contributed by atoms with van der Waals surface area (Å²) in [4.78, 5) is 50.9. The van der Waals surface area contributed by atoms with E-state index in [4.69, 9.17) is 24.2 Å². The highest BCUT2D eigenvalue weighted by Gasteiger charge is 2.51. The number of aryl methyl sites for hydroxylation is 1. The van der Waals surface area contributed by atoms with Gasteiger partial charge in [-0.2, -0.15) is 0 Å². The van der Waals surface area contributed by atoms with E-state index in [1.165, 1.54) is 4.90 Å². The maximum absolute atomic E-state index is 14.1. The summed E-state index contributed by atoms with van der Waals surface area (Å²) in [5.74, 6) is -1.67. The maximum atomic E-state index is 14.1. The standard InChI is InChI=1S/C32H43N3O7/c1-6-20-26-17-35(28(20)31(38)39)30(37)21(32(2,3)4)16-27(36)41-25-14-18(25)10-8-7-9-11-23-29(42-26)34-24-15-19(40-5)12-13-22(24)33-23/h12-13,15,18,20-21,25-26,28H,6-11,14,16-17H2,1-5H3,(H,38,39)/t18-,20-,21-,25-,26+,28+/m1/s1. The third-order valence-electron chi connectivity index (χ3n) is 9.12. The van der Waals surface area contributed by atoms with Crippen LogP contribution in [0.4, 0.5) is 0 Å². The Kier molecular flexibility index (Phi) is 8.62. The smallest absolute Gasteiger partial charge is 0.326 e. The Balaban J connectivity index is 1.53. The second kappa shape index (κ2) is 12.1. The molecule has 0 spiro atoms. The molecule has 2 fully saturated rings. The fourth-order valence-electron chi connectivity index (χ4n) is 6.50. The van der Waals surface area contributed by atoms with Crippen LogP contribution in [0.5, 0.6) is 11.6 Å². The van der Waals surface area contributed by atoms with Crippen LogP contribution in [-0.4, -0.2) is 69.7 Å². The monoisotopic (exact) mass is 581 g/mol. The van der Waals surface area contributed by atoms with Crippen LogP contribution >= 0.6 is 0 Å². The van der Waals surface area contributed by atoms with Gasteiger partial charge in [0.25, 0.3) is 0 Å². The first-order valence-electron chi connectivity index (χ1n) is 15.2. The number of carboxylic acid groups (broad SMARTS) is 1. The summed E-state index contributed by atoms with van der Waals surface area (Å²) in [5.41, 5.74) is 1.50. The van der Waals surface area contributed by atoms with Gasteiger partial charge in [-0.15, -0.1) is 0 Å². The molecule has 0 radical (unpaired) electrons. The first kappa shape index (κ1) is 30.0. The highest BCUT2D eigenvalue weighted by Crippen LogP contribution is 2.41. The van der Waals surface area contributed by atoms with Gasteiger partial charge in [-0.05, 0) is 55.6 Å². The maximum Gasteiger partial charge on any atom is 0.326 e. The average molecular weight is 582 g/mol. The first-order chi connectivity index (χ1) is 20.0. The highest BCUT2D eigenvalue weighted by molar-refractivity contribution is 5.89. The number of aliphatic carboxylic acids is 1. The molecule has 1 saturated carbocycles. The van der Waals surface area contributed by atoms with Crippen LogP contribution in [0, 0.1) is 23.2 Å². The van der Waals surface area contributed by atoms with Gasteiger partial charge in [0.15, 0.2) is 0 Å². The van der Waals surface area contributed by atoms with E-state index in [2.05, 4.69) is 0 Å². The van der Waals surface area contributed by atoms with Gasteiger partial charge in [-0.3, -0.25) is 9.59 Å². The van der Waals surface area contributed by atoms with Gasteiger partial charge in [-0.1, -0.05) is 40.5 Å². The predicted molar refractivity (Wildman–Crippen MR) is 155 cm³/mol. The summed E-state index contributed by atoms with van der Waals surface area (Å²) in [6, 6.07) is 4.44. The second-order valence-electron chi connectivity index (χ2n) is 13.1. The second-order valence-corrected chi connectivity index (χ2v) is 13.1. The molecule has 10 nitrogen and oxygen atoms in total. The summed E-state index contributed by atoms with van der Waals surface area (Å²) in [7, 11) is 1.59. The van der Waals surface area contributed by atoms with E-state index >= 15 is 0 Å². The van der Waals surface area contributed by atoms with Crippen molar-refractivity contribution >= 4 is 28.9 Å². The number of nitrogens with zero attached hydrogens (tertiary/aromatic N) is 3. The van der Waals surface area contributed by atoms with Crippen LogP contribution in [0.25, 0.3) is 11.0 Å². The molecule has 2 aromatic rings. The van der Waals surface area contributed by atoms with E-state index in [-0.39, 0.29) is 25.0 Å². The van der Waals surface area contributed by atoms with E-state index in [9.17, 15) is 19.5 Å². The number of carbonyl (C=O) groups is 3. The number of benzene rings is 1. The van der Waals surface area contributed by atoms with Crippen molar-refractivity contribution in [1.82, 2.24) is 14.9 Å². The zero-order valence-electron chi connectivity index (χ0n) is 25.3. The van der Waals surface area contributed by atoms with E-state index in [0.29, 0.717) is 35.9 Å². The summed E-state index contributed by atoms with van der Waals surface area (Å²) >= 11 is 0. The molecule has 0 unspecified atom stereocenters. The Labute approximate surface area is 247 Å². The number of hydrogen-bond donors (Lipinski definition) is 1. The fraction of sp³-hybridized carbons (Fsp3) is 0.656. The Bertz CT molecular complexity index is 1340. The first-order valence-corrected chi connectivity index (χ1v) is 15.2. The van der Waals surface area contributed by atoms with E-state index in [1.54, 1.807) is 13.2 Å². The highest BCUT2D eigenvalue weighted by atomic mass is 16.5. The van der Waals surface area contributed by atoms with Gasteiger partial charge in [-0.25, -0.2) is 14.8 Å². The van der Waals surface area contributed by atoms with E-state index in [0.717, 1.165) is 43.3 Å². The van der Waals surface area contributed by atoms with Crippen molar-refractivity contribution in [1.29, 1.82) is 0 Å². The molecule has 1 aliphatic carbocycles. The minimum atomic E-state index is -1.09. The SMILES string of the molecule is CC[C@@H]1[C@@H]2CN(C(=O)[C@H](C(C)(C)C)CC(=O)O[C@@H]3C[C@H]3CCCCCc3nc4ccc(OC)cc4nc3O2)[C@@H]1C(=O)O. The molecule has 2 aliphatic heterocycles. The minimum Gasteiger partial charge on any atom is -0.497 e. The lowest BCUT2D eigenvalue weighted by molar-refractivity contribution is -0.157. The van der Waals surface area contributed by atoms with Gasteiger partial charge in [0.05, 0.1) is 37.0 Å². The van der Waals surface area contributed by atoms with Gasteiger partial charge < -0.3 is 24.2 Å². The molecule has 1 N–H and O–H groups in total. The number of hydrogen-bond acceptors (Lipinski definition) is 8. The molecule has 2 bridgehead atoms. The fourth-order valence-corrected chi connectivity index (χ4v) is 6.50. The molecular formula is C32H43N3O7. The van der Waals surface area contributed by atoms with Crippen molar-refractivity contribution in [2.45, 2.75) is 97.3 Å². The van der Waals surface area contributed by atoms with Crippen molar-refractivity contribution < 1.29 is 33.7 Å². The lowest BCUT2D eigenvalue weighted by atomic mass is 9.77. The zero-order chi connectivity index (χ0) is 30.2. The van der Waals surface area contributed by atoms with Crippen molar-refractivity contribution in [3.8, 4) is 11.6 Å². The minimum absolute atomic E-state index is 0.0813. The number of aromatic nitrogens is 2. The molecule has 42 heavy (non-hydrogen) atoms. The third kappa shape index (κ3) is 6.32. The predicted octanol–water partition coefficient (Wildman–Crippen LogP) is 4.81. The molecule has 3 heterocycles. The number of amides is 1. The normalized spacial score (nSPS) is 29.0. The number of fused-ring (bicyclic) bond motifs is 5. The molecule has 5 rings (SSSR count). The Morgan fingerprint density at radius 3 is 2.57 bits per heavy atom. The summed E-state index contributed by atoms with van der Waals surface area (Å²) in [5, 5.41) is 10.3. The van der Waals surface area contributed by atoms with E-state index < -0.39 is 41.3 Å². The molecule has 1 amide bonds. The Morgan fingerprint density at radius 2 is 1.88 bits per heavy atom. The molecular weight excluding hydrogens is 538 g/mol. The lowest BCUT2D eigenvalue weighted by Gasteiger charge is -2.34. The summed E-state index contributed by atoms with van der Waals surface area (Å²) < 4.78 is 17.7. The van der Waals surface area contributed by atoms with Gasteiger partial charge in [0, 0.05) is 12.0 Å². The molecule has 1 aromatic carbocycles. The van der Waals surface area contributed by atoms with Crippen molar-refractivity contribution in [2.24, 2.45) is 23.2 Å². The van der Waals surface area contributed by atoms with Crippen molar-refractivity contribution in [2.75, 3.05) is 13.7 Å². The molecule has 1 aromatic heterocycles. The van der Waals surface area contributed by atoms with E-state index in [1.807, 2.05) is 39.8 Å². The van der Waals surface area contributed by atoms with Crippen LogP contribution in [0.15, 0.2) is 18.2 Å². The Hall–Kier alpha value is -3.43. The van der Waals surface area contributed by atoms with Crippen molar-refractivity contribution in [3.05, 3.63) is 23.9 Å². The van der Waals surface area contributed by atoms with Crippen LogP contribution in [0.2, 0.25) is 0 Å². The summed E-state index contributed by atoms with van der Waals surface area (Å²) in [6.07, 6.45) is 5.11. The van der Waals surface area contributed by atoms with Crippen LogP contribution in [0.3, 0.4) is 0 Å². The zero-order valence-corrected chi connectivity index (χ0v) is 25.3. The van der Waals surface area contributed by atoms with Gasteiger partial charge >= 0.3 is 11.9 Å². The molecule has 6 atom stereocenters.